The average Bonchev–Trinajstić information content (AvgIpc) is 3.22. The molecule has 0 unspecified atom stereocenters. The minimum Gasteiger partial charge on any atom is -0.352 e. The Balaban J connectivity index is 1.55. The molecular weight excluding hydrogens is 358 g/mol. The second-order valence-electron chi connectivity index (χ2n) is 7.01. The SMILES string of the molecule is O=C(Cc1ccccc1[N+](=O)[O-])NCc1cccc(NC(=O)C2CCCC2)c1. The van der Waals surface area contributed by atoms with E-state index < -0.39 is 4.92 Å². The van der Waals surface area contributed by atoms with E-state index in [1.54, 1.807) is 18.2 Å². The van der Waals surface area contributed by atoms with Crippen LogP contribution in [0.15, 0.2) is 48.5 Å². The molecule has 2 aromatic rings. The van der Waals surface area contributed by atoms with Gasteiger partial charge in [-0.1, -0.05) is 43.2 Å². The van der Waals surface area contributed by atoms with Crippen LogP contribution in [0.25, 0.3) is 0 Å². The average molecular weight is 381 g/mol. The highest BCUT2D eigenvalue weighted by molar-refractivity contribution is 5.92. The minimum atomic E-state index is -0.487. The van der Waals surface area contributed by atoms with Crippen LogP contribution in [0.2, 0.25) is 0 Å². The molecule has 7 heteroatoms. The highest BCUT2D eigenvalue weighted by atomic mass is 16.6. The van der Waals surface area contributed by atoms with Crippen molar-refractivity contribution in [1.29, 1.82) is 0 Å². The van der Waals surface area contributed by atoms with Crippen LogP contribution in [0.5, 0.6) is 0 Å². The first-order valence-electron chi connectivity index (χ1n) is 9.42. The Morgan fingerprint density at radius 3 is 2.57 bits per heavy atom. The Kier molecular flexibility index (Phi) is 6.37. The Bertz CT molecular complexity index is 875. The zero-order chi connectivity index (χ0) is 19.9. The highest BCUT2D eigenvalue weighted by Gasteiger charge is 2.22. The van der Waals surface area contributed by atoms with E-state index >= 15 is 0 Å². The number of rotatable bonds is 7. The fourth-order valence-electron chi connectivity index (χ4n) is 3.47. The number of nitro groups is 1. The van der Waals surface area contributed by atoms with E-state index in [2.05, 4.69) is 10.6 Å². The third kappa shape index (κ3) is 5.16. The molecular formula is C21H23N3O4. The molecule has 0 aromatic heterocycles. The van der Waals surface area contributed by atoms with Crippen LogP contribution < -0.4 is 10.6 Å². The van der Waals surface area contributed by atoms with Gasteiger partial charge >= 0.3 is 0 Å². The largest absolute Gasteiger partial charge is 0.352 e. The molecule has 2 N–H and O–H groups in total. The van der Waals surface area contributed by atoms with Gasteiger partial charge in [-0.2, -0.15) is 0 Å². The normalized spacial score (nSPS) is 13.9. The monoisotopic (exact) mass is 381 g/mol. The molecule has 0 saturated heterocycles. The fraction of sp³-hybridized carbons (Fsp3) is 0.333. The van der Waals surface area contributed by atoms with Crippen molar-refractivity contribution in [3.8, 4) is 0 Å². The number of hydrogen-bond donors (Lipinski definition) is 2. The molecule has 7 nitrogen and oxygen atoms in total. The Morgan fingerprint density at radius 1 is 1.07 bits per heavy atom. The van der Waals surface area contributed by atoms with E-state index in [0.29, 0.717) is 11.3 Å². The van der Waals surface area contributed by atoms with Crippen LogP contribution in [0.3, 0.4) is 0 Å². The van der Waals surface area contributed by atoms with Crippen molar-refractivity contribution in [1.82, 2.24) is 5.32 Å². The molecule has 146 valence electrons. The molecule has 28 heavy (non-hydrogen) atoms. The molecule has 1 saturated carbocycles. The van der Waals surface area contributed by atoms with Crippen molar-refractivity contribution in [2.24, 2.45) is 5.92 Å². The van der Waals surface area contributed by atoms with Crippen LogP contribution in [0.1, 0.15) is 36.8 Å². The van der Waals surface area contributed by atoms with Crippen molar-refractivity contribution >= 4 is 23.2 Å². The van der Waals surface area contributed by atoms with Gasteiger partial charge in [0.05, 0.1) is 11.3 Å². The Labute approximate surface area is 163 Å². The van der Waals surface area contributed by atoms with E-state index in [1.165, 1.54) is 6.07 Å². The van der Waals surface area contributed by atoms with Gasteiger partial charge in [0.25, 0.3) is 5.69 Å². The zero-order valence-corrected chi connectivity index (χ0v) is 15.5. The van der Waals surface area contributed by atoms with Gasteiger partial charge in [0.1, 0.15) is 0 Å². The van der Waals surface area contributed by atoms with Gasteiger partial charge in [-0.15, -0.1) is 0 Å². The smallest absolute Gasteiger partial charge is 0.273 e. The number of para-hydroxylation sites is 1. The minimum absolute atomic E-state index is 0.0510. The maximum absolute atomic E-state index is 12.2. The van der Waals surface area contributed by atoms with E-state index in [9.17, 15) is 19.7 Å². The lowest BCUT2D eigenvalue weighted by Crippen LogP contribution is -2.25. The topological polar surface area (TPSA) is 101 Å². The van der Waals surface area contributed by atoms with Gasteiger partial charge in [-0.25, -0.2) is 0 Å². The van der Waals surface area contributed by atoms with Crippen molar-refractivity contribution in [3.63, 3.8) is 0 Å². The molecule has 2 amide bonds. The molecule has 0 atom stereocenters. The summed E-state index contributed by atoms with van der Waals surface area (Å²) in [6.07, 6.45) is 4.02. The summed E-state index contributed by atoms with van der Waals surface area (Å²) in [5.74, 6) is -0.158. The first kappa shape index (κ1) is 19.5. The van der Waals surface area contributed by atoms with Crippen molar-refractivity contribution < 1.29 is 14.5 Å². The maximum Gasteiger partial charge on any atom is 0.273 e. The molecule has 1 aliphatic rings. The lowest BCUT2D eigenvalue weighted by molar-refractivity contribution is -0.385. The Morgan fingerprint density at radius 2 is 1.82 bits per heavy atom. The first-order chi connectivity index (χ1) is 13.5. The number of amides is 2. The molecule has 3 rings (SSSR count). The van der Waals surface area contributed by atoms with Gasteiger partial charge in [-0.05, 0) is 30.5 Å². The number of carbonyl (C=O) groups is 2. The third-order valence-electron chi connectivity index (χ3n) is 4.95. The van der Waals surface area contributed by atoms with E-state index in [4.69, 9.17) is 0 Å². The molecule has 2 aromatic carbocycles. The maximum atomic E-state index is 12.2. The number of benzene rings is 2. The number of nitro benzene ring substituents is 1. The Hall–Kier alpha value is -3.22. The van der Waals surface area contributed by atoms with Crippen LogP contribution in [0.4, 0.5) is 11.4 Å². The van der Waals surface area contributed by atoms with E-state index in [1.807, 2.05) is 24.3 Å². The molecule has 1 aliphatic carbocycles. The van der Waals surface area contributed by atoms with Crippen molar-refractivity contribution in [2.45, 2.75) is 38.6 Å². The molecule has 0 spiro atoms. The number of hydrogen-bond acceptors (Lipinski definition) is 4. The lowest BCUT2D eigenvalue weighted by atomic mass is 10.1. The van der Waals surface area contributed by atoms with Gasteiger partial charge in [0.2, 0.25) is 11.8 Å². The second kappa shape index (κ2) is 9.12. The van der Waals surface area contributed by atoms with Crippen molar-refractivity contribution in [3.05, 3.63) is 69.8 Å². The van der Waals surface area contributed by atoms with Crippen LogP contribution in [-0.4, -0.2) is 16.7 Å². The number of nitrogens with one attached hydrogen (secondary N) is 2. The summed E-state index contributed by atoms with van der Waals surface area (Å²) in [6, 6.07) is 13.6. The summed E-state index contributed by atoms with van der Waals surface area (Å²) in [5, 5.41) is 16.8. The predicted octanol–water partition coefficient (Wildman–Crippen LogP) is 3.58. The highest BCUT2D eigenvalue weighted by Crippen LogP contribution is 2.26. The summed E-state index contributed by atoms with van der Waals surface area (Å²) in [5.41, 5.74) is 1.87. The van der Waals surface area contributed by atoms with Crippen molar-refractivity contribution in [2.75, 3.05) is 5.32 Å². The van der Waals surface area contributed by atoms with Gasteiger partial charge < -0.3 is 10.6 Å². The van der Waals surface area contributed by atoms with E-state index in [-0.39, 0.29) is 36.4 Å². The first-order valence-corrected chi connectivity index (χ1v) is 9.42. The summed E-state index contributed by atoms with van der Waals surface area (Å²) < 4.78 is 0. The standard InChI is InChI=1S/C21H23N3O4/c25-20(13-17-9-3-4-11-19(17)24(27)28)22-14-15-6-5-10-18(12-15)23-21(26)16-7-1-2-8-16/h3-6,9-12,16H,1-2,7-8,13-14H2,(H,22,25)(H,23,26). The predicted molar refractivity (Wildman–Crippen MR) is 106 cm³/mol. The number of carbonyl (C=O) groups excluding carboxylic acids is 2. The van der Waals surface area contributed by atoms with Crippen LogP contribution in [-0.2, 0) is 22.6 Å². The molecule has 0 aliphatic heterocycles. The fourth-order valence-corrected chi connectivity index (χ4v) is 3.47. The zero-order valence-electron chi connectivity index (χ0n) is 15.5. The second-order valence-corrected chi connectivity index (χ2v) is 7.01. The lowest BCUT2D eigenvalue weighted by Gasteiger charge is -2.12. The molecule has 0 heterocycles. The van der Waals surface area contributed by atoms with Crippen LogP contribution >= 0.6 is 0 Å². The molecule has 1 fully saturated rings. The summed E-state index contributed by atoms with van der Waals surface area (Å²) in [4.78, 5) is 35.0. The quantitative estimate of drug-likeness (QED) is 0.565. The molecule has 0 bridgehead atoms. The van der Waals surface area contributed by atoms with E-state index in [0.717, 1.165) is 31.2 Å². The summed E-state index contributed by atoms with van der Waals surface area (Å²) in [6.45, 7) is 0.284. The van der Waals surface area contributed by atoms with Gasteiger partial charge in [0, 0.05) is 29.8 Å². The number of nitrogens with zero attached hydrogens (tertiary/aromatic N) is 1. The van der Waals surface area contributed by atoms with Gasteiger partial charge in [-0.3, -0.25) is 19.7 Å². The van der Waals surface area contributed by atoms with Crippen LogP contribution in [0, 0.1) is 16.0 Å². The number of anilines is 1. The van der Waals surface area contributed by atoms with Gasteiger partial charge in [0.15, 0.2) is 0 Å². The third-order valence-corrected chi connectivity index (χ3v) is 4.95. The summed E-state index contributed by atoms with van der Waals surface area (Å²) in [7, 11) is 0. The summed E-state index contributed by atoms with van der Waals surface area (Å²) >= 11 is 0. The molecule has 0 radical (unpaired) electrons.